The van der Waals surface area contributed by atoms with Crippen molar-refractivity contribution in [3.63, 3.8) is 0 Å². The number of carboxylic acid groups (broad SMARTS) is 2. The third kappa shape index (κ3) is 113. The third-order valence-corrected chi connectivity index (χ3v) is 0. The van der Waals surface area contributed by atoms with Gasteiger partial charge < -0.3 is 10.2 Å². The van der Waals surface area contributed by atoms with Gasteiger partial charge in [0.15, 0.2) is 0 Å². The average Bonchev–Trinajstić information content (AvgIpc) is 0.811. The van der Waals surface area contributed by atoms with Crippen molar-refractivity contribution in [3.8, 4) is 0 Å². The van der Waals surface area contributed by atoms with Gasteiger partial charge in [0.2, 0.25) is 0 Å². The Bertz CT molecular complexity index is 33.8. The maximum atomic E-state index is 8.56. The predicted octanol–water partition coefficient (Wildman–Crippen LogP) is 0.217. The molecule has 0 amide bonds. The Labute approximate surface area is 66.6 Å². The first kappa shape index (κ1) is 15.9. The van der Waals surface area contributed by atoms with Crippen molar-refractivity contribution in [3.05, 3.63) is 0 Å². The van der Waals surface area contributed by atoms with Crippen molar-refractivity contribution in [1.29, 1.82) is 0 Å². The van der Waals surface area contributed by atoms with Gasteiger partial charge in [-0.1, -0.05) is 0 Å². The van der Waals surface area contributed by atoms with Crippen LogP contribution in [0.1, 0.15) is 0 Å². The van der Waals surface area contributed by atoms with E-state index in [0.29, 0.717) is 0 Å². The fraction of sp³-hybridized carbons (Fsp3) is 0. The summed E-state index contributed by atoms with van der Waals surface area (Å²) in [6.45, 7) is 0. The first-order valence-electron chi connectivity index (χ1n) is 0.651. The van der Waals surface area contributed by atoms with E-state index in [1.807, 2.05) is 0 Å². The minimum atomic E-state index is -1.83. The molecule has 0 radical (unpaired) electrons. The maximum absolute atomic E-state index is 8.56. The van der Waals surface area contributed by atoms with Crippen molar-refractivity contribution in [1.82, 2.24) is 0 Å². The number of carbonyl (C=O) groups is 1. The summed E-state index contributed by atoms with van der Waals surface area (Å²) in [5.74, 6) is 0. The largest absolute Gasteiger partial charge is 0.503 e. The molecule has 0 aromatic rings. The molecule has 30 valence electrons. The molecule has 6 heavy (non-hydrogen) atoms. The zero-order valence-electron chi connectivity index (χ0n) is 3.01. The molecule has 0 rings (SSSR count). The molecule has 0 bridgehead atoms. The summed E-state index contributed by atoms with van der Waals surface area (Å²) in [6, 6.07) is 0. The normalized spacial score (nSPS) is 4.00. The first-order valence-corrected chi connectivity index (χ1v) is 0.651. The molecule has 0 atom stereocenters. The van der Waals surface area contributed by atoms with Crippen molar-refractivity contribution in [2.45, 2.75) is 0 Å². The van der Waals surface area contributed by atoms with E-state index in [2.05, 4.69) is 0 Å². The fourth-order valence-corrected chi connectivity index (χ4v) is 0. The van der Waals surface area contributed by atoms with Gasteiger partial charge in [0.05, 0.1) is 0 Å². The second-order valence-electron chi connectivity index (χ2n) is 0.283. The van der Waals surface area contributed by atoms with E-state index in [1.165, 1.54) is 0 Å². The van der Waals surface area contributed by atoms with E-state index < -0.39 is 6.16 Å². The Morgan fingerprint density at radius 3 is 1.33 bits per heavy atom. The van der Waals surface area contributed by atoms with Gasteiger partial charge >= 0.3 is 6.16 Å². The molecule has 0 heterocycles. The van der Waals surface area contributed by atoms with Crippen molar-refractivity contribution in [2.24, 2.45) is 0 Å². The summed E-state index contributed by atoms with van der Waals surface area (Å²) < 4.78 is 0. The molecule has 0 unspecified atom stereocenters. The summed E-state index contributed by atoms with van der Waals surface area (Å²) in [7, 11) is 0. The monoisotopic (exact) mass is 216 g/mol. The molecule has 0 spiro atoms. The molecule has 5 heteroatoms. The van der Waals surface area contributed by atoms with Crippen LogP contribution in [0, 0.1) is 0 Å². The summed E-state index contributed by atoms with van der Waals surface area (Å²) in [5, 5.41) is 13.9. The standard InChI is InChI=1S/CH2O3.Zn.Zr/c2-1(3)4;;/h(H2,2,3,4);;. The van der Waals surface area contributed by atoms with Gasteiger partial charge in [-0.2, -0.15) is 0 Å². The van der Waals surface area contributed by atoms with Crippen LogP contribution in [0.4, 0.5) is 4.79 Å². The van der Waals surface area contributed by atoms with E-state index in [9.17, 15) is 0 Å². The molecule has 0 aromatic heterocycles. The Balaban J connectivity index is -0.0000000450. The molecule has 0 aliphatic carbocycles. The molecular weight excluding hydrogens is 217 g/mol. The first-order chi connectivity index (χ1) is 1.73. The second kappa shape index (κ2) is 9.24. The molecule has 2 N–H and O–H groups in total. The number of hydrogen-bond donors (Lipinski definition) is 2. The molecule has 0 saturated carbocycles. The molecule has 0 aromatic carbocycles. The summed E-state index contributed by atoms with van der Waals surface area (Å²) in [5.41, 5.74) is 0. The van der Waals surface area contributed by atoms with Crippen molar-refractivity contribution >= 4 is 6.16 Å². The molecular formula is CH2O3ZnZr. The topological polar surface area (TPSA) is 57.5 Å². The van der Waals surface area contributed by atoms with Gasteiger partial charge in [0.25, 0.3) is 0 Å². The number of hydrogen-bond acceptors (Lipinski definition) is 1. The Hall–Kier alpha value is 0.776. The quantitative estimate of drug-likeness (QED) is 0.572. The van der Waals surface area contributed by atoms with Gasteiger partial charge in [0, 0.05) is 45.7 Å². The zero-order chi connectivity index (χ0) is 3.58. The molecule has 0 aliphatic rings. The van der Waals surface area contributed by atoms with Crippen LogP contribution in [0.25, 0.3) is 0 Å². The minimum Gasteiger partial charge on any atom is -0.450 e. The summed E-state index contributed by atoms with van der Waals surface area (Å²) in [4.78, 5) is 8.56. The second-order valence-corrected chi connectivity index (χ2v) is 0.283. The van der Waals surface area contributed by atoms with Crippen LogP contribution in [-0.4, -0.2) is 16.4 Å². The Morgan fingerprint density at radius 2 is 1.33 bits per heavy atom. The van der Waals surface area contributed by atoms with Gasteiger partial charge in [-0.3, -0.25) is 0 Å². The summed E-state index contributed by atoms with van der Waals surface area (Å²) >= 11 is 0. The van der Waals surface area contributed by atoms with E-state index in [1.54, 1.807) is 0 Å². The van der Waals surface area contributed by atoms with Crippen LogP contribution in [0.15, 0.2) is 0 Å². The van der Waals surface area contributed by atoms with Gasteiger partial charge in [-0.05, 0) is 0 Å². The molecule has 0 aliphatic heterocycles. The van der Waals surface area contributed by atoms with E-state index in [0.717, 1.165) is 0 Å². The van der Waals surface area contributed by atoms with Crippen LogP contribution in [0.2, 0.25) is 0 Å². The van der Waals surface area contributed by atoms with E-state index in [4.69, 9.17) is 15.0 Å². The molecule has 0 fully saturated rings. The van der Waals surface area contributed by atoms with Gasteiger partial charge in [0.1, 0.15) is 0 Å². The minimum absolute atomic E-state index is 0. The third-order valence-electron chi connectivity index (χ3n) is 0. The van der Waals surface area contributed by atoms with Crippen LogP contribution < -0.4 is 0 Å². The van der Waals surface area contributed by atoms with Crippen LogP contribution in [-0.2, 0) is 45.7 Å². The average molecular weight is 219 g/mol. The smallest absolute Gasteiger partial charge is 0.450 e. The summed E-state index contributed by atoms with van der Waals surface area (Å²) in [6.07, 6.45) is -1.83. The van der Waals surface area contributed by atoms with Crippen molar-refractivity contribution in [2.75, 3.05) is 0 Å². The fourth-order valence-electron chi connectivity index (χ4n) is 0. The zero-order valence-corrected chi connectivity index (χ0v) is 8.43. The van der Waals surface area contributed by atoms with Gasteiger partial charge in [-0.25, -0.2) is 4.79 Å². The van der Waals surface area contributed by atoms with E-state index in [-0.39, 0.29) is 45.7 Å². The predicted molar refractivity (Wildman–Crippen MR) is 10.7 cm³/mol. The van der Waals surface area contributed by atoms with Crippen LogP contribution in [0.3, 0.4) is 0 Å². The molecule has 0 saturated heterocycles. The Morgan fingerprint density at radius 1 is 1.33 bits per heavy atom. The SMILES string of the molecule is O=C(O)O.[Zn].[Zr]. The van der Waals surface area contributed by atoms with Gasteiger partial charge in [-0.15, -0.1) is 0 Å². The number of rotatable bonds is 0. The Kier molecular flexibility index (Phi) is 24.4. The maximum Gasteiger partial charge on any atom is 0.503 e. The molecule has 3 nitrogen and oxygen atoms in total. The van der Waals surface area contributed by atoms with Crippen LogP contribution in [0.5, 0.6) is 0 Å². The van der Waals surface area contributed by atoms with Crippen molar-refractivity contribution < 1.29 is 60.7 Å². The van der Waals surface area contributed by atoms with Crippen LogP contribution >= 0.6 is 0 Å². The van der Waals surface area contributed by atoms with E-state index >= 15 is 0 Å².